The molecule has 1 aliphatic heterocycles. The van der Waals surface area contributed by atoms with E-state index in [2.05, 4.69) is 10.2 Å². The smallest absolute Gasteiger partial charge is 0.253 e. The van der Waals surface area contributed by atoms with Crippen molar-refractivity contribution in [3.63, 3.8) is 0 Å². The standard InChI is InChI=1S/C18H19N5O.2ClH/c19-15-7-3-5-13(11-15)18(24)22-9-4-6-14(12-22)17-21-20-16-8-1-2-10-23(16)17;;/h1-3,5,7-8,10-11,14H,4,6,9,12,19H2;2*1H. The van der Waals surface area contributed by atoms with Gasteiger partial charge in [-0.25, -0.2) is 0 Å². The van der Waals surface area contributed by atoms with Crippen LogP contribution in [0.1, 0.15) is 34.9 Å². The number of hydrogen-bond acceptors (Lipinski definition) is 4. The molecular formula is C18H21Cl2N5O. The summed E-state index contributed by atoms with van der Waals surface area (Å²) in [6.45, 7) is 1.42. The number of amides is 1. The number of fused-ring (bicyclic) bond motifs is 1. The fraction of sp³-hybridized carbons (Fsp3) is 0.278. The summed E-state index contributed by atoms with van der Waals surface area (Å²) in [5.41, 5.74) is 7.89. The van der Waals surface area contributed by atoms with Crippen molar-refractivity contribution in [1.82, 2.24) is 19.5 Å². The van der Waals surface area contributed by atoms with Gasteiger partial charge in [0.05, 0.1) is 0 Å². The van der Waals surface area contributed by atoms with Crippen molar-refractivity contribution in [3.8, 4) is 0 Å². The molecule has 3 heterocycles. The zero-order valence-corrected chi connectivity index (χ0v) is 15.7. The lowest BCUT2D eigenvalue weighted by Gasteiger charge is -2.32. The van der Waals surface area contributed by atoms with Gasteiger partial charge in [0.1, 0.15) is 5.82 Å². The van der Waals surface area contributed by atoms with E-state index in [0.717, 1.165) is 30.9 Å². The molecule has 0 bridgehead atoms. The molecule has 0 saturated carbocycles. The molecule has 2 N–H and O–H groups in total. The van der Waals surface area contributed by atoms with Crippen LogP contribution < -0.4 is 5.73 Å². The second-order valence-corrected chi connectivity index (χ2v) is 6.20. The highest BCUT2D eigenvalue weighted by atomic mass is 35.5. The Morgan fingerprint density at radius 1 is 1.12 bits per heavy atom. The number of nitrogen functional groups attached to an aromatic ring is 1. The van der Waals surface area contributed by atoms with E-state index >= 15 is 0 Å². The molecule has 1 atom stereocenters. The van der Waals surface area contributed by atoms with Crippen LogP contribution in [0.4, 0.5) is 5.69 Å². The molecule has 138 valence electrons. The van der Waals surface area contributed by atoms with Gasteiger partial charge in [0, 0.05) is 36.5 Å². The molecule has 4 rings (SSSR count). The molecule has 26 heavy (non-hydrogen) atoms. The quantitative estimate of drug-likeness (QED) is 0.678. The van der Waals surface area contributed by atoms with Gasteiger partial charge < -0.3 is 10.6 Å². The van der Waals surface area contributed by atoms with Gasteiger partial charge in [-0.3, -0.25) is 9.20 Å². The van der Waals surface area contributed by atoms with Crippen LogP contribution in [-0.2, 0) is 0 Å². The highest BCUT2D eigenvalue weighted by Crippen LogP contribution is 2.27. The summed E-state index contributed by atoms with van der Waals surface area (Å²) < 4.78 is 2.01. The zero-order chi connectivity index (χ0) is 16.5. The largest absolute Gasteiger partial charge is 0.399 e. The lowest BCUT2D eigenvalue weighted by atomic mass is 9.96. The minimum absolute atomic E-state index is 0. The number of hydrogen-bond donors (Lipinski definition) is 1. The Kier molecular flexibility index (Phi) is 6.45. The van der Waals surface area contributed by atoms with Crippen LogP contribution in [0.25, 0.3) is 5.65 Å². The number of likely N-dealkylation sites (tertiary alicyclic amines) is 1. The minimum Gasteiger partial charge on any atom is -0.399 e. The molecule has 8 heteroatoms. The Bertz CT molecular complexity index is 898. The number of benzene rings is 1. The maximum absolute atomic E-state index is 12.8. The first kappa shape index (κ1) is 20.0. The predicted molar refractivity (Wildman–Crippen MR) is 106 cm³/mol. The van der Waals surface area contributed by atoms with Gasteiger partial charge in [0.15, 0.2) is 5.65 Å². The molecule has 2 aromatic heterocycles. The minimum atomic E-state index is 0. The first-order valence-corrected chi connectivity index (χ1v) is 8.17. The third-order valence-electron chi connectivity index (χ3n) is 4.55. The van der Waals surface area contributed by atoms with Crippen LogP contribution in [0.3, 0.4) is 0 Å². The van der Waals surface area contributed by atoms with Crippen LogP contribution in [0, 0.1) is 0 Å². The Balaban J connectivity index is 0.00000121. The Labute approximate surface area is 164 Å². The number of carbonyl (C=O) groups is 1. The normalized spacial score (nSPS) is 16.6. The van der Waals surface area contributed by atoms with Crippen LogP contribution in [0.15, 0.2) is 48.7 Å². The summed E-state index contributed by atoms with van der Waals surface area (Å²) in [4.78, 5) is 14.7. The average Bonchev–Trinajstić information content (AvgIpc) is 3.05. The van der Waals surface area contributed by atoms with Gasteiger partial charge in [-0.1, -0.05) is 12.1 Å². The van der Waals surface area contributed by atoms with Crippen molar-refractivity contribution < 1.29 is 4.79 Å². The van der Waals surface area contributed by atoms with Crippen LogP contribution >= 0.6 is 24.8 Å². The maximum atomic E-state index is 12.8. The van der Waals surface area contributed by atoms with Gasteiger partial charge >= 0.3 is 0 Å². The van der Waals surface area contributed by atoms with E-state index in [0.29, 0.717) is 17.8 Å². The molecule has 3 aromatic rings. The van der Waals surface area contributed by atoms with Crippen LogP contribution in [0.5, 0.6) is 0 Å². The fourth-order valence-electron chi connectivity index (χ4n) is 3.36. The van der Waals surface area contributed by atoms with Crippen molar-refractivity contribution in [2.75, 3.05) is 18.8 Å². The number of piperidine rings is 1. The van der Waals surface area contributed by atoms with E-state index in [9.17, 15) is 4.79 Å². The van der Waals surface area contributed by atoms with E-state index in [1.54, 1.807) is 12.1 Å². The third-order valence-corrected chi connectivity index (χ3v) is 4.55. The van der Waals surface area contributed by atoms with E-state index in [-0.39, 0.29) is 36.6 Å². The van der Waals surface area contributed by atoms with Gasteiger partial charge in [-0.05, 0) is 43.2 Å². The average molecular weight is 394 g/mol. The highest BCUT2D eigenvalue weighted by Gasteiger charge is 2.28. The van der Waals surface area contributed by atoms with Crippen molar-refractivity contribution in [3.05, 3.63) is 60.0 Å². The first-order valence-electron chi connectivity index (χ1n) is 8.17. The number of pyridine rings is 1. The summed E-state index contributed by atoms with van der Waals surface area (Å²) in [6.07, 6.45) is 3.94. The number of anilines is 1. The molecule has 1 aliphatic rings. The number of nitrogens with two attached hydrogens (primary N) is 1. The number of carbonyl (C=O) groups excluding carboxylic acids is 1. The second-order valence-electron chi connectivity index (χ2n) is 6.20. The third kappa shape index (κ3) is 3.76. The van der Waals surface area contributed by atoms with Crippen molar-refractivity contribution in [1.29, 1.82) is 0 Å². The molecule has 0 spiro atoms. The highest BCUT2D eigenvalue weighted by molar-refractivity contribution is 5.95. The number of nitrogens with zero attached hydrogens (tertiary/aromatic N) is 4. The van der Waals surface area contributed by atoms with Gasteiger partial charge in [0.2, 0.25) is 0 Å². The molecule has 6 nitrogen and oxygen atoms in total. The molecule has 1 unspecified atom stereocenters. The Hall–Kier alpha value is -2.31. The lowest BCUT2D eigenvalue weighted by molar-refractivity contribution is 0.0704. The van der Waals surface area contributed by atoms with Gasteiger partial charge in [-0.2, -0.15) is 0 Å². The molecular weight excluding hydrogens is 373 g/mol. The predicted octanol–water partition coefficient (Wildman–Crippen LogP) is 3.17. The number of rotatable bonds is 2. The topological polar surface area (TPSA) is 76.5 Å². The molecule has 1 amide bonds. The molecule has 0 aliphatic carbocycles. The summed E-state index contributed by atoms with van der Waals surface area (Å²) >= 11 is 0. The monoisotopic (exact) mass is 393 g/mol. The first-order chi connectivity index (χ1) is 11.7. The van der Waals surface area contributed by atoms with Crippen LogP contribution in [0.2, 0.25) is 0 Å². The molecule has 1 fully saturated rings. The molecule has 0 radical (unpaired) electrons. The SMILES string of the molecule is Cl.Cl.Nc1cccc(C(=O)N2CCCC(c3nnc4ccccn34)C2)c1. The number of aromatic nitrogens is 3. The number of halogens is 2. The maximum Gasteiger partial charge on any atom is 0.253 e. The van der Waals surface area contributed by atoms with Crippen molar-refractivity contribution in [2.45, 2.75) is 18.8 Å². The van der Waals surface area contributed by atoms with Crippen LogP contribution in [-0.4, -0.2) is 38.5 Å². The van der Waals surface area contributed by atoms with E-state index in [1.165, 1.54) is 0 Å². The fourth-order valence-corrected chi connectivity index (χ4v) is 3.36. The zero-order valence-electron chi connectivity index (χ0n) is 14.1. The summed E-state index contributed by atoms with van der Waals surface area (Å²) in [5, 5.41) is 8.58. The lowest BCUT2D eigenvalue weighted by Crippen LogP contribution is -2.39. The molecule has 1 aromatic carbocycles. The second kappa shape index (κ2) is 8.38. The van der Waals surface area contributed by atoms with Gasteiger partial charge in [0.25, 0.3) is 5.91 Å². The summed E-state index contributed by atoms with van der Waals surface area (Å²) in [7, 11) is 0. The van der Waals surface area contributed by atoms with Crippen molar-refractivity contribution in [2.24, 2.45) is 0 Å². The summed E-state index contributed by atoms with van der Waals surface area (Å²) in [6, 6.07) is 13.0. The Morgan fingerprint density at radius 3 is 2.77 bits per heavy atom. The van der Waals surface area contributed by atoms with E-state index < -0.39 is 0 Å². The van der Waals surface area contributed by atoms with E-state index in [4.69, 9.17) is 5.73 Å². The van der Waals surface area contributed by atoms with E-state index in [1.807, 2.05) is 45.8 Å². The summed E-state index contributed by atoms with van der Waals surface area (Å²) in [5.74, 6) is 1.15. The molecule has 1 saturated heterocycles. The Morgan fingerprint density at radius 2 is 1.96 bits per heavy atom. The van der Waals surface area contributed by atoms with Gasteiger partial charge in [-0.15, -0.1) is 35.0 Å². The van der Waals surface area contributed by atoms with Crippen molar-refractivity contribution >= 4 is 42.1 Å².